The van der Waals surface area contributed by atoms with Crippen molar-refractivity contribution in [3.05, 3.63) is 0 Å². The summed E-state index contributed by atoms with van der Waals surface area (Å²) in [5.74, 6) is 0. The monoisotopic (exact) mass is 263 g/mol. The summed E-state index contributed by atoms with van der Waals surface area (Å²) >= 11 is -2.86. The van der Waals surface area contributed by atoms with Crippen LogP contribution < -0.4 is 29.6 Å². The zero-order valence-electron chi connectivity index (χ0n) is 5.01. The van der Waals surface area contributed by atoms with Crippen molar-refractivity contribution in [2.75, 3.05) is 0 Å². The van der Waals surface area contributed by atoms with Gasteiger partial charge in [0.25, 0.3) is 0 Å². The third-order valence-electron chi connectivity index (χ3n) is 0. The Morgan fingerprint density at radius 2 is 1.27 bits per heavy atom. The first-order chi connectivity index (χ1) is 3.73. The molecule has 0 aromatic rings. The van der Waals surface area contributed by atoms with Crippen molar-refractivity contribution in [2.24, 2.45) is 0 Å². The van der Waals surface area contributed by atoms with Gasteiger partial charge in [0.05, 0.1) is 11.4 Å². The van der Waals surface area contributed by atoms with E-state index in [2.05, 4.69) is 0 Å². The molecular weight excluding hydrogens is 263 g/mol. The van der Waals surface area contributed by atoms with Crippen LogP contribution in [0.2, 0.25) is 0 Å². The maximum atomic E-state index is 8.56. The Balaban J connectivity index is -0.0000000383. The van der Waals surface area contributed by atoms with Crippen LogP contribution in [0.3, 0.4) is 0 Å². The van der Waals surface area contributed by atoms with Crippen molar-refractivity contribution in [3.63, 3.8) is 0 Å². The molecule has 7 nitrogen and oxygen atoms in total. The summed E-state index contributed by atoms with van der Waals surface area (Å²) in [5, 5.41) is 0. The first-order valence-electron chi connectivity index (χ1n) is 1.18. The molecule has 0 bridgehead atoms. The van der Waals surface area contributed by atoms with E-state index in [1.54, 1.807) is 0 Å². The predicted molar refractivity (Wildman–Crippen MR) is 22.0 cm³/mol. The molecule has 0 saturated carbocycles. The van der Waals surface area contributed by atoms with Gasteiger partial charge in [0.1, 0.15) is 0 Å². The predicted octanol–water partition coefficient (Wildman–Crippen LogP) is -5.00. The fourth-order valence-electron chi connectivity index (χ4n) is 0. The van der Waals surface area contributed by atoms with Gasteiger partial charge in [-0.05, 0) is 0 Å². The zero-order chi connectivity index (χ0) is 8.08. The Kier molecular flexibility index (Phi) is 23.8. The Morgan fingerprint density at radius 1 is 1.27 bits per heavy atom. The second-order valence-corrected chi connectivity index (χ2v) is 1.88. The summed E-state index contributed by atoms with van der Waals surface area (Å²) in [4.78, 5) is 0. The largest absolute Gasteiger partial charge is 2.00 e. The number of hydrogen-bond acceptors (Lipinski definition) is 6. The van der Waals surface area contributed by atoms with Gasteiger partial charge in [0.15, 0.2) is 0 Å². The van der Waals surface area contributed by atoms with Gasteiger partial charge in [0.2, 0.25) is 0 Å². The molecule has 1 atom stereocenters. The molecule has 0 fully saturated rings. The fourth-order valence-corrected chi connectivity index (χ4v) is 0. The fraction of sp³-hybridized carbons (Fsp3) is 0. The molecule has 1 N–H and O–H groups in total. The van der Waals surface area contributed by atoms with Gasteiger partial charge in [-0.3, -0.25) is 8.42 Å². The maximum absolute atomic E-state index is 8.56. The van der Waals surface area contributed by atoms with E-state index in [4.69, 9.17) is 30.8 Å². The van der Waals surface area contributed by atoms with E-state index in [1.165, 1.54) is 0 Å². The standard InChI is InChI=1S/Cu.Na.H2O4S.H2O3S/c;;1-5(2,3)4;1-4(2)3/h;;(H2,1,2,3,4);(H2,1,2,3)/q+2;+1;;/p-3. The van der Waals surface area contributed by atoms with Crippen molar-refractivity contribution in [1.82, 2.24) is 0 Å². The van der Waals surface area contributed by atoms with Gasteiger partial charge in [-0.15, -0.1) is 0 Å². The minimum atomic E-state index is -5.17. The van der Waals surface area contributed by atoms with Crippen LogP contribution in [0.4, 0.5) is 0 Å². The van der Waals surface area contributed by atoms with Gasteiger partial charge in [-0.1, -0.05) is 0 Å². The summed E-state index contributed by atoms with van der Waals surface area (Å²) < 4.78 is 58.2. The second kappa shape index (κ2) is 11.5. The van der Waals surface area contributed by atoms with E-state index in [-0.39, 0.29) is 46.6 Å². The molecule has 0 aromatic heterocycles. The SMILES string of the molecule is O=S(=O)([O-])[O-].O=S([O-])O.[Cu+2].[Na+]. The number of rotatable bonds is 0. The summed E-state index contributed by atoms with van der Waals surface area (Å²) in [6, 6.07) is 0. The van der Waals surface area contributed by atoms with Crippen molar-refractivity contribution in [2.45, 2.75) is 0 Å². The van der Waals surface area contributed by atoms with Crippen LogP contribution in [0, 0.1) is 0 Å². The smallest absolute Gasteiger partial charge is 0.759 e. The van der Waals surface area contributed by atoms with Gasteiger partial charge in [0, 0.05) is 10.4 Å². The second-order valence-electron chi connectivity index (χ2n) is 0.625. The molecule has 1 radical (unpaired) electrons. The van der Waals surface area contributed by atoms with Crippen LogP contribution in [0.25, 0.3) is 0 Å². The summed E-state index contributed by atoms with van der Waals surface area (Å²) in [6.45, 7) is 0. The van der Waals surface area contributed by atoms with Gasteiger partial charge in [-0.2, -0.15) is 0 Å². The zero-order valence-corrected chi connectivity index (χ0v) is 9.59. The molecule has 11 heavy (non-hydrogen) atoms. The molecule has 0 aliphatic rings. The number of hydrogen-bond donors (Lipinski definition) is 1. The van der Waals surface area contributed by atoms with E-state index in [9.17, 15) is 0 Å². The van der Waals surface area contributed by atoms with Crippen LogP contribution in [0.5, 0.6) is 0 Å². The average Bonchev–Trinajstić information content (AvgIpc) is 1.19. The average molecular weight is 264 g/mol. The van der Waals surface area contributed by atoms with Crippen molar-refractivity contribution in [1.29, 1.82) is 0 Å². The Labute approximate surface area is 98.4 Å². The van der Waals surface area contributed by atoms with Crippen molar-refractivity contribution >= 4 is 21.8 Å². The van der Waals surface area contributed by atoms with Crippen molar-refractivity contribution in [3.8, 4) is 0 Å². The van der Waals surface area contributed by atoms with E-state index >= 15 is 0 Å². The Bertz CT molecular complexity index is 159. The van der Waals surface area contributed by atoms with Crippen molar-refractivity contribution < 1.29 is 77.5 Å². The molecule has 0 aliphatic carbocycles. The molecule has 0 rings (SSSR count). The van der Waals surface area contributed by atoms with E-state index in [0.717, 1.165) is 0 Å². The molecule has 0 aromatic carbocycles. The molecule has 0 saturated heterocycles. The topological polar surface area (TPSA) is 141 Å². The molecular formula is HCuNaO7S2. The first-order valence-corrected chi connectivity index (χ1v) is 3.55. The van der Waals surface area contributed by atoms with Crippen LogP contribution >= 0.6 is 0 Å². The normalized spacial score (nSPS) is 10.9. The molecule has 1 unspecified atom stereocenters. The van der Waals surface area contributed by atoms with Gasteiger partial charge < -0.3 is 18.2 Å². The van der Waals surface area contributed by atoms with E-state index in [1.807, 2.05) is 0 Å². The van der Waals surface area contributed by atoms with Gasteiger partial charge >= 0.3 is 46.6 Å². The minimum absolute atomic E-state index is 0. The molecule has 0 heterocycles. The molecule has 0 amide bonds. The summed E-state index contributed by atoms with van der Waals surface area (Å²) in [6.07, 6.45) is 0. The summed E-state index contributed by atoms with van der Waals surface area (Å²) in [5.41, 5.74) is 0. The minimum Gasteiger partial charge on any atom is -0.759 e. The molecule has 11 heteroatoms. The quantitative estimate of drug-likeness (QED) is 0.200. The molecule has 0 aliphatic heterocycles. The molecule has 67 valence electrons. The molecule has 0 spiro atoms. The summed E-state index contributed by atoms with van der Waals surface area (Å²) in [7, 11) is -5.17. The van der Waals surface area contributed by atoms with Crippen LogP contribution in [-0.2, 0) is 38.8 Å². The maximum Gasteiger partial charge on any atom is 2.00 e. The Hall–Kier alpha value is 1.46. The third kappa shape index (κ3) is 481. The van der Waals surface area contributed by atoms with E-state index < -0.39 is 21.8 Å². The van der Waals surface area contributed by atoms with Crippen LogP contribution in [0.15, 0.2) is 0 Å². The van der Waals surface area contributed by atoms with Crippen LogP contribution in [0.1, 0.15) is 0 Å². The Morgan fingerprint density at radius 3 is 1.27 bits per heavy atom. The van der Waals surface area contributed by atoms with Gasteiger partial charge in [-0.25, -0.2) is 4.21 Å². The van der Waals surface area contributed by atoms with E-state index in [0.29, 0.717) is 0 Å². The third-order valence-corrected chi connectivity index (χ3v) is 0. The first kappa shape index (κ1) is 22.9. The van der Waals surface area contributed by atoms with Crippen LogP contribution in [-0.4, -0.2) is 30.8 Å².